The molecule has 0 aromatic heterocycles. The van der Waals surface area contributed by atoms with E-state index in [1.54, 1.807) is 4.90 Å². The quantitative estimate of drug-likeness (QED) is 0.778. The molecular formula is C17H19N3O4. The Hall–Kier alpha value is -2.70. The number of benzene rings is 1. The molecule has 2 aliphatic heterocycles. The lowest BCUT2D eigenvalue weighted by molar-refractivity contribution is -0.138. The lowest BCUT2D eigenvalue weighted by atomic mass is 10.0. The van der Waals surface area contributed by atoms with Crippen LogP contribution in [0.2, 0.25) is 0 Å². The second-order valence-electron chi connectivity index (χ2n) is 6.25. The number of carbonyl (C=O) groups is 4. The third-order valence-corrected chi connectivity index (χ3v) is 4.40. The molecule has 126 valence electrons. The average molecular weight is 329 g/mol. The van der Waals surface area contributed by atoms with Gasteiger partial charge in [-0.05, 0) is 25.5 Å². The molecule has 0 radical (unpaired) electrons. The van der Waals surface area contributed by atoms with Crippen molar-refractivity contribution in [2.45, 2.75) is 32.2 Å². The minimum Gasteiger partial charge on any atom is -0.344 e. The molecule has 1 aromatic carbocycles. The number of nitrogens with one attached hydrogen (secondary N) is 2. The highest BCUT2D eigenvalue weighted by Gasteiger charge is 2.37. The maximum absolute atomic E-state index is 12.4. The highest BCUT2D eigenvalue weighted by atomic mass is 16.2. The summed E-state index contributed by atoms with van der Waals surface area (Å²) in [5.41, 5.74) is 1.86. The van der Waals surface area contributed by atoms with Crippen molar-refractivity contribution in [3.05, 3.63) is 29.8 Å². The first-order valence-corrected chi connectivity index (χ1v) is 7.95. The normalized spacial score (nSPS) is 24.0. The van der Waals surface area contributed by atoms with Gasteiger partial charge in [0.2, 0.25) is 23.6 Å². The molecular weight excluding hydrogens is 310 g/mol. The first kappa shape index (κ1) is 16.2. The Morgan fingerprint density at radius 2 is 1.92 bits per heavy atom. The summed E-state index contributed by atoms with van der Waals surface area (Å²) in [6.07, 6.45) is 0.613. The van der Waals surface area contributed by atoms with Crippen LogP contribution in [0.1, 0.15) is 24.8 Å². The van der Waals surface area contributed by atoms with E-state index in [4.69, 9.17) is 0 Å². The topological polar surface area (TPSA) is 95.6 Å². The van der Waals surface area contributed by atoms with Crippen LogP contribution in [0.4, 0.5) is 5.69 Å². The zero-order chi connectivity index (χ0) is 17.3. The van der Waals surface area contributed by atoms with E-state index in [0.717, 1.165) is 11.3 Å². The van der Waals surface area contributed by atoms with E-state index in [1.807, 2.05) is 31.2 Å². The van der Waals surface area contributed by atoms with Crippen molar-refractivity contribution in [3.8, 4) is 0 Å². The van der Waals surface area contributed by atoms with Crippen molar-refractivity contribution < 1.29 is 19.2 Å². The first-order chi connectivity index (χ1) is 11.4. The molecule has 1 aromatic rings. The minimum atomic E-state index is -0.710. The lowest BCUT2D eigenvalue weighted by Crippen LogP contribution is -2.53. The summed E-state index contributed by atoms with van der Waals surface area (Å²) in [5, 5.41) is 4.85. The van der Waals surface area contributed by atoms with E-state index in [1.165, 1.54) is 0 Å². The molecule has 4 amide bonds. The monoisotopic (exact) mass is 329 g/mol. The van der Waals surface area contributed by atoms with Crippen LogP contribution in [0.5, 0.6) is 0 Å². The van der Waals surface area contributed by atoms with Crippen molar-refractivity contribution >= 4 is 29.3 Å². The van der Waals surface area contributed by atoms with Crippen LogP contribution < -0.4 is 15.5 Å². The second-order valence-corrected chi connectivity index (χ2v) is 6.25. The Kier molecular flexibility index (Phi) is 4.33. The summed E-state index contributed by atoms with van der Waals surface area (Å²) < 4.78 is 0. The van der Waals surface area contributed by atoms with Gasteiger partial charge in [0.05, 0.1) is 5.92 Å². The van der Waals surface area contributed by atoms with Crippen LogP contribution in [0.25, 0.3) is 0 Å². The maximum atomic E-state index is 12.4. The first-order valence-electron chi connectivity index (χ1n) is 7.95. The molecule has 2 unspecified atom stereocenters. The standard InChI is InChI=1S/C17H19N3O4/c1-10-2-4-12(5-3-10)20-9-11(8-15(20)22)16(23)18-13-6-7-14(21)19-17(13)24/h2-5,11,13H,6-9H2,1H3,(H,18,23)(H,19,21,24). The fourth-order valence-corrected chi connectivity index (χ4v) is 2.98. The van der Waals surface area contributed by atoms with Crippen LogP contribution >= 0.6 is 0 Å². The Morgan fingerprint density at radius 3 is 2.58 bits per heavy atom. The average Bonchev–Trinajstić information content (AvgIpc) is 2.93. The summed E-state index contributed by atoms with van der Waals surface area (Å²) >= 11 is 0. The zero-order valence-electron chi connectivity index (χ0n) is 13.4. The number of aryl methyl sites for hydroxylation is 1. The van der Waals surface area contributed by atoms with Crippen molar-refractivity contribution in [1.82, 2.24) is 10.6 Å². The highest BCUT2D eigenvalue weighted by molar-refractivity contribution is 6.03. The highest BCUT2D eigenvalue weighted by Crippen LogP contribution is 2.25. The summed E-state index contributed by atoms with van der Waals surface area (Å²) in [5.74, 6) is -1.75. The molecule has 2 atom stereocenters. The van der Waals surface area contributed by atoms with Gasteiger partial charge in [-0.2, -0.15) is 0 Å². The van der Waals surface area contributed by atoms with E-state index in [0.29, 0.717) is 13.0 Å². The second kappa shape index (κ2) is 6.43. The van der Waals surface area contributed by atoms with E-state index in [-0.39, 0.29) is 30.6 Å². The van der Waals surface area contributed by atoms with E-state index in [9.17, 15) is 19.2 Å². The summed E-state index contributed by atoms with van der Waals surface area (Å²) in [7, 11) is 0. The molecule has 0 spiro atoms. The number of hydrogen-bond acceptors (Lipinski definition) is 4. The number of nitrogens with zero attached hydrogens (tertiary/aromatic N) is 1. The largest absolute Gasteiger partial charge is 0.344 e. The molecule has 2 N–H and O–H groups in total. The molecule has 0 bridgehead atoms. The maximum Gasteiger partial charge on any atom is 0.249 e. The van der Waals surface area contributed by atoms with Gasteiger partial charge >= 0.3 is 0 Å². The molecule has 2 heterocycles. The molecule has 2 aliphatic rings. The Labute approximate surface area is 139 Å². The lowest BCUT2D eigenvalue weighted by Gasteiger charge is -2.23. The van der Waals surface area contributed by atoms with Crippen LogP contribution in [0.15, 0.2) is 24.3 Å². The molecule has 24 heavy (non-hydrogen) atoms. The van der Waals surface area contributed by atoms with Gasteiger partial charge in [-0.25, -0.2) is 0 Å². The molecule has 3 rings (SSSR count). The smallest absolute Gasteiger partial charge is 0.249 e. The predicted molar refractivity (Wildman–Crippen MR) is 86.0 cm³/mol. The summed E-state index contributed by atoms with van der Waals surface area (Å²) in [6.45, 7) is 2.26. The third kappa shape index (κ3) is 3.29. The van der Waals surface area contributed by atoms with Gasteiger partial charge in [-0.3, -0.25) is 24.5 Å². The van der Waals surface area contributed by atoms with E-state index in [2.05, 4.69) is 10.6 Å². The summed E-state index contributed by atoms with van der Waals surface area (Å²) in [4.78, 5) is 49.0. The van der Waals surface area contributed by atoms with Gasteiger partial charge in [0.25, 0.3) is 0 Å². The number of carbonyl (C=O) groups excluding carboxylic acids is 4. The van der Waals surface area contributed by atoms with E-state index >= 15 is 0 Å². The molecule has 0 saturated carbocycles. The third-order valence-electron chi connectivity index (χ3n) is 4.40. The van der Waals surface area contributed by atoms with Gasteiger partial charge in [0.1, 0.15) is 6.04 Å². The number of amides is 4. The van der Waals surface area contributed by atoms with Crippen LogP contribution in [-0.4, -0.2) is 36.2 Å². The van der Waals surface area contributed by atoms with Crippen LogP contribution in [-0.2, 0) is 19.2 Å². The van der Waals surface area contributed by atoms with Crippen LogP contribution in [0, 0.1) is 12.8 Å². The van der Waals surface area contributed by atoms with Crippen molar-refractivity contribution in [3.63, 3.8) is 0 Å². The Bertz CT molecular complexity index is 698. The molecule has 0 aliphatic carbocycles. The molecule has 7 heteroatoms. The van der Waals surface area contributed by atoms with Gasteiger partial charge in [-0.1, -0.05) is 17.7 Å². The minimum absolute atomic E-state index is 0.109. The van der Waals surface area contributed by atoms with Gasteiger partial charge < -0.3 is 10.2 Å². The number of rotatable bonds is 3. The molecule has 2 fully saturated rings. The number of hydrogen-bond donors (Lipinski definition) is 2. The predicted octanol–water partition coefficient (Wildman–Crippen LogP) is 0.269. The van der Waals surface area contributed by atoms with Gasteiger partial charge in [-0.15, -0.1) is 0 Å². The number of imide groups is 1. The van der Waals surface area contributed by atoms with Crippen LogP contribution in [0.3, 0.4) is 0 Å². The SMILES string of the molecule is Cc1ccc(N2CC(C(=O)NC3CCC(=O)NC3=O)CC2=O)cc1. The van der Waals surface area contributed by atoms with Gasteiger partial charge in [0, 0.05) is 25.1 Å². The number of anilines is 1. The fourth-order valence-electron chi connectivity index (χ4n) is 2.98. The van der Waals surface area contributed by atoms with E-state index < -0.39 is 17.9 Å². The van der Waals surface area contributed by atoms with Crippen molar-refractivity contribution in [1.29, 1.82) is 0 Å². The molecule has 7 nitrogen and oxygen atoms in total. The summed E-state index contributed by atoms with van der Waals surface area (Å²) in [6, 6.07) is 6.83. The van der Waals surface area contributed by atoms with Gasteiger partial charge in [0.15, 0.2) is 0 Å². The number of piperidine rings is 1. The van der Waals surface area contributed by atoms with Crippen molar-refractivity contribution in [2.24, 2.45) is 5.92 Å². The van der Waals surface area contributed by atoms with Crippen molar-refractivity contribution in [2.75, 3.05) is 11.4 Å². The zero-order valence-corrected chi connectivity index (χ0v) is 13.4. The molecule has 2 saturated heterocycles. The Balaban J connectivity index is 1.62. The fraction of sp³-hybridized carbons (Fsp3) is 0.412. The Morgan fingerprint density at radius 1 is 1.21 bits per heavy atom.